The molecule has 0 spiro atoms. The number of aliphatic hydroxyl groups is 1. The fraction of sp³-hybridized carbons (Fsp3) is 0.429. The largest absolute Gasteiger partial charge is 0.479 e. The molecule has 6 nitrogen and oxygen atoms in total. The number of carboxylic acid groups (broad SMARTS) is 1. The summed E-state index contributed by atoms with van der Waals surface area (Å²) in [4.78, 5) is 22.3. The molecule has 0 bridgehead atoms. The topological polar surface area (TPSA) is 98.7 Å². The van der Waals surface area contributed by atoms with Crippen LogP contribution in [0, 0.1) is 0 Å². The van der Waals surface area contributed by atoms with Crippen molar-refractivity contribution in [2.24, 2.45) is 0 Å². The molecule has 0 radical (unpaired) electrons. The third-order valence-electron chi connectivity index (χ3n) is 2.86. The molecule has 1 rings (SSSR count). The van der Waals surface area contributed by atoms with Crippen molar-refractivity contribution in [1.82, 2.24) is 5.32 Å². The number of thioether (sulfide) groups is 1. The van der Waals surface area contributed by atoms with E-state index >= 15 is 0 Å². The van der Waals surface area contributed by atoms with E-state index in [-0.39, 0.29) is 6.54 Å². The van der Waals surface area contributed by atoms with Gasteiger partial charge in [0.05, 0.1) is 6.54 Å². The van der Waals surface area contributed by atoms with Crippen LogP contribution in [-0.2, 0) is 11.2 Å². The zero-order chi connectivity index (χ0) is 15.9. The lowest BCUT2D eigenvalue weighted by Crippen LogP contribution is -2.47. The molecule has 0 aliphatic heterocycles. The van der Waals surface area contributed by atoms with E-state index in [1.54, 1.807) is 23.9 Å². The highest BCUT2D eigenvalue weighted by Crippen LogP contribution is 2.11. The number of benzene rings is 1. The van der Waals surface area contributed by atoms with Gasteiger partial charge in [-0.15, -0.1) is 0 Å². The van der Waals surface area contributed by atoms with Crippen LogP contribution in [0.3, 0.4) is 0 Å². The second kappa shape index (κ2) is 7.90. The lowest BCUT2D eigenvalue weighted by atomic mass is 10.1. The molecule has 0 aliphatic rings. The minimum Gasteiger partial charge on any atom is -0.479 e. The first-order chi connectivity index (χ1) is 9.85. The highest BCUT2D eigenvalue weighted by atomic mass is 32.2. The molecule has 1 unspecified atom stereocenters. The Balaban J connectivity index is 2.46. The first-order valence-corrected chi connectivity index (χ1v) is 7.83. The molecule has 0 saturated carbocycles. The third-order valence-corrected chi connectivity index (χ3v) is 3.47. The Morgan fingerprint density at radius 2 is 1.90 bits per heavy atom. The predicted octanol–water partition coefficient (Wildman–Crippen LogP) is 1.55. The van der Waals surface area contributed by atoms with Gasteiger partial charge in [0.2, 0.25) is 0 Å². The molecule has 2 amide bonds. The van der Waals surface area contributed by atoms with Crippen LogP contribution >= 0.6 is 11.8 Å². The van der Waals surface area contributed by atoms with Crippen molar-refractivity contribution in [3.05, 3.63) is 29.8 Å². The Morgan fingerprint density at radius 1 is 1.29 bits per heavy atom. The van der Waals surface area contributed by atoms with E-state index in [1.165, 1.54) is 5.56 Å². The lowest BCUT2D eigenvalue weighted by molar-refractivity contribution is -0.155. The summed E-state index contributed by atoms with van der Waals surface area (Å²) in [6.45, 7) is 0.746. The van der Waals surface area contributed by atoms with E-state index in [0.717, 1.165) is 19.1 Å². The number of anilines is 1. The summed E-state index contributed by atoms with van der Waals surface area (Å²) in [5.41, 5.74) is -0.196. The summed E-state index contributed by atoms with van der Waals surface area (Å²) < 4.78 is 0. The van der Waals surface area contributed by atoms with Crippen molar-refractivity contribution >= 4 is 29.4 Å². The Bertz CT molecular complexity index is 488. The van der Waals surface area contributed by atoms with Crippen molar-refractivity contribution < 1.29 is 19.8 Å². The van der Waals surface area contributed by atoms with Crippen molar-refractivity contribution in [2.75, 3.05) is 23.9 Å². The Labute approximate surface area is 127 Å². The zero-order valence-electron chi connectivity index (χ0n) is 12.0. The molecule has 0 saturated heterocycles. The van der Waals surface area contributed by atoms with Gasteiger partial charge in [0.25, 0.3) is 0 Å². The number of rotatable bonds is 7. The minimum atomic E-state index is -1.99. The number of carbonyl (C=O) groups excluding carboxylic acids is 1. The normalized spacial score (nSPS) is 13.3. The molecule has 0 fully saturated rings. The maximum Gasteiger partial charge on any atom is 0.337 e. The minimum absolute atomic E-state index is 0.375. The number of carboxylic acids is 1. The Hall–Kier alpha value is -1.73. The Kier molecular flexibility index (Phi) is 6.51. The summed E-state index contributed by atoms with van der Waals surface area (Å²) in [5.74, 6) is -0.349. The predicted molar refractivity (Wildman–Crippen MR) is 83.8 cm³/mol. The number of nitrogens with one attached hydrogen (secondary N) is 2. The summed E-state index contributed by atoms with van der Waals surface area (Å²) in [5, 5.41) is 23.1. The number of aryl methyl sites for hydroxylation is 1. The van der Waals surface area contributed by atoms with Crippen molar-refractivity contribution in [1.29, 1.82) is 0 Å². The second-order valence-electron chi connectivity index (χ2n) is 4.83. The second-order valence-corrected chi connectivity index (χ2v) is 5.81. The fourth-order valence-electron chi connectivity index (χ4n) is 1.48. The highest BCUT2D eigenvalue weighted by molar-refractivity contribution is 7.98. The van der Waals surface area contributed by atoms with Crippen LogP contribution in [0.2, 0.25) is 0 Å². The van der Waals surface area contributed by atoms with Gasteiger partial charge in [-0.25, -0.2) is 9.59 Å². The van der Waals surface area contributed by atoms with Gasteiger partial charge < -0.3 is 20.8 Å². The molecule has 1 aromatic rings. The van der Waals surface area contributed by atoms with E-state index in [0.29, 0.717) is 5.69 Å². The first-order valence-electron chi connectivity index (χ1n) is 6.43. The molecule has 116 valence electrons. The van der Waals surface area contributed by atoms with E-state index < -0.39 is 17.6 Å². The highest BCUT2D eigenvalue weighted by Gasteiger charge is 2.30. The van der Waals surface area contributed by atoms with Crippen LogP contribution in [0.5, 0.6) is 0 Å². The average molecular weight is 312 g/mol. The number of urea groups is 1. The SMILES string of the molecule is CSCCc1ccc(NC(=O)NCC(C)(O)C(=O)O)cc1. The maximum absolute atomic E-state index is 11.6. The van der Waals surface area contributed by atoms with E-state index in [9.17, 15) is 14.7 Å². The van der Waals surface area contributed by atoms with Crippen LogP contribution in [0.1, 0.15) is 12.5 Å². The molecular formula is C14H20N2O4S. The maximum atomic E-state index is 11.6. The standard InChI is InChI=1S/C14H20N2O4S/c1-14(20,12(17)18)9-15-13(19)16-11-5-3-10(4-6-11)7-8-21-2/h3-6,20H,7-9H2,1-2H3,(H,17,18)(H2,15,16,19). The molecule has 21 heavy (non-hydrogen) atoms. The third kappa shape index (κ3) is 6.05. The monoisotopic (exact) mass is 312 g/mol. The van der Waals surface area contributed by atoms with Crippen molar-refractivity contribution in [3.63, 3.8) is 0 Å². The fourth-order valence-corrected chi connectivity index (χ4v) is 1.92. The smallest absolute Gasteiger partial charge is 0.337 e. The number of hydrogen-bond donors (Lipinski definition) is 4. The lowest BCUT2D eigenvalue weighted by Gasteiger charge is -2.18. The van der Waals surface area contributed by atoms with Crippen LogP contribution in [0.4, 0.5) is 10.5 Å². The number of amides is 2. The number of hydrogen-bond acceptors (Lipinski definition) is 4. The van der Waals surface area contributed by atoms with Crippen LogP contribution in [0.25, 0.3) is 0 Å². The van der Waals surface area contributed by atoms with Crippen molar-refractivity contribution in [3.8, 4) is 0 Å². The van der Waals surface area contributed by atoms with E-state index in [4.69, 9.17) is 5.11 Å². The van der Waals surface area contributed by atoms with Gasteiger partial charge in [-0.05, 0) is 43.0 Å². The van der Waals surface area contributed by atoms with Gasteiger partial charge in [-0.3, -0.25) is 0 Å². The number of carbonyl (C=O) groups is 2. The molecule has 0 heterocycles. The van der Waals surface area contributed by atoms with Crippen LogP contribution in [-0.4, -0.2) is 46.4 Å². The van der Waals surface area contributed by atoms with Gasteiger partial charge in [-0.1, -0.05) is 12.1 Å². The van der Waals surface area contributed by atoms with Gasteiger partial charge in [0.15, 0.2) is 5.60 Å². The molecule has 0 aliphatic carbocycles. The van der Waals surface area contributed by atoms with E-state index in [2.05, 4.69) is 10.6 Å². The first kappa shape index (κ1) is 17.3. The summed E-state index contributed by atoms with van der Waals surface area (Å²) >= 11 is 1.77. The molecule has 0 aromatic heterocycles. The molecule has 1 aromatic carbocycles. The molecular weight excluding hydrogens is 292 g/mol. The van der Waals surface area contributed by atoms with Gasteiger partial charge in [0, 0.05) is 5.69 Å². The molecule has 4 N–H and O–H groups in total. The van der Waals surface area contributed by atoms with Crippen LogP contribution < -0.4 is 10.6 Å². The molecule has 1 atom stereocenters. The zero-order valence-corrected chi connectivity index (χ0v) is 12.9. The molecule has 7 heteroatoms. The Morgan fingerprint density at radius 3 is 2.43 bits per heavy atom. The van der Waals surface area contributed by atoms with Crippen LogP contribution in [0.15, 0.2) is 24.3 Å². The van der Waals surface area contributed by atoms with E-state index in [1.807, 2.05) is 18.4 Å². The van der Waals surface area contributed by atoms with Gasteiger partial charge in [-0.2, -0.15) is 11.8 Å². The number of aliphatic carboxylic acids is 1. The van der Waals surface area contributed by atoms with Gasteiger partial charge in [0.1, 0.15) is 0 Å². The summed E-state index contributed by atoms with van der Waals surface area (Å²) in [6.07, 6.45) is 3.02. The van der Waals surface area contributed by atoms with Crippen molar-refractivity contribution in [2.45, 2.75) is 18.9 Å². The average Bonchev–Trinajstić information content (AvgIpc) is 2.44. The quantitative estimate of drug-likeness (QED) is 0.612. The summed E-state index contributed by atoms with van der Waals surface area (Å²) in [6, 6.07) is 6.86. The van der Waals surface area contributed by atoms with Gasteiger partial charge >= 0.3 is 12.0 Å². The summed E-state index contributed by atoms with van der Waals surface area (Å²) in [7, 11) is 0.